The van der Waals surface area contributed by atoms with Crippen molar-refractivity contribution in [3.8, 4) is 0 Å². The van der Waals surface area contributed by atoms with Crippen LogP contribution in [0.25, 0.3) is 0 Å². The monoisotopic (exact) mass is 313 g/mol. The quantitative estimate of drug-likeness (QED) is 0.737. The summed E-state index contributed by atoms with van der Waals surface area (Å²) in [5.74, 6) is -0.378. The number of aliphatic hydroxyl groups excluding tert-OH is 1. The fourth-order valence-electron chi connectivity index (χ4n) is 2.10. The lowest BCUT2D eigenvalue weighted by molar-refractivity contribution is 0.214. The van der Waals surface area contributed by atoms with Gasteiger partial charge >= 0.3 is 0 Å². The van der Waals surface area contributed by atoms with E-state index < -0.39 is 31.2 Å². The number of hydrogen-bond acceptors (Lipinski definition) is 5. The molecule has 0 bridgehead atoms. The van der Waals surface area contributed by atoms with Crippen molar-refractivity contribution in [3.05, 3.63) is 0 Å². The molecule has 1 saturated heterocycles. The lowest BCUT2D eigenvalue weighted by Crippen LogP contribution is -2.47. The molecular formula is C11H23NO5S2. The minimum Gasteiger partial charge on any atom is -0.396 e. The Bertz CT molecular complexity index is 504. The molecule has 114 valence electrons. The number of aliphatic hydroxyl groups is 1. The zero-order chi connectivity index (χ0) is 14.9. The molecular weight excluding hydrogens is 290 g/mol. The second-order valence-electron chi connectivity index (χ2n) is 6.12. The van der Waals surface area contributed by atoms with Crippen LogP contribution in [0, 0.1) is 5.41 Å². The van der Waals surface area contributed by atoms with Crippen molar-refractivity contribution in [2.45, 2.75) is 44.9 Å². The van der Waals surface area contributed by atoms with Crippen molar-refractivity contribution in [1.82, 2.24) is 4.72 Å². The Balaban J connectivity index is 2.84. The molecule has 0 saturated carbocycles. The molecule has 1 aliphatic heterocycles. The van der Waals surface area contributed by atoms with E-state index in [2.05, 4.69) is 4.72 Å². The second kappa shape index (κ2) is 5.67. The Morgan fingerprint density at radius 1 is 1.37 bits per heavy atom. The second-order valence-corrected chi connectivity index (χ2v) is 10.3. The maximum atomic E-state index is 12.2. The van der Waals surface area contributed by atoms with Gasteiger partial charge in [-0.25, -0.2) is 21.6 Å². The topological polar surface area (TPSA) is 101 Å². The Labute approximate surface area is 115 Å². The van der Waals surface area contributed by atoms with Crippen LogP contribution in [0.2, 0.25) is 0 Å². The summed E-state index contributed by atoms with van der Waals surface area (Å²) in [5, 5.41) is 8.14. The van der Waals surface area contributed by atoms with Crippen molar-refractivity contribution in [2.24, 2.45) is 5.41 Å². The van der Waals surface area contributed by atoms with Gasteiger partial charge in [0.25, 0.3) is 0 Å². The van der Waals surface area contributed by atoms with Crippen molar-refractivity contribution in [1.29, 1.82) is 0 Å². The van der Waals surface area contributed by atoms with Crippen molar-refractivity contribution >= 4 is 19.9 Å². The Morgan fingerprint density at radius 2 is 1.95 bits per heavy atom. The third kappa shape index (κ3) is 4.70. The molecule has 6 nitrogen and oxygen atoms in total. The van der Waals surface area contributed by atoms with Gasteiger partial charge in [0.1, 0.15) is 0 Å². The summed E-state index contributed by atoms with van der Waals surface area (Å²) >= 11 is 0. The lowest BCUT2D eigenvalue weighted by atomic mass is 9.86. The summed E-state index contributed by atoms with van der Waals surface area (Å²) in [6.45, 7) is 5.51. The van der Waals surface area contributed by atoms with Crippen LogP contribution in [0.15, 0.2) is 0 Å². The number of hydrogen-bond donors (Lipinski definition) is 2. The van der Waals surface area contributed by atoms with Crippen LogP contribution in [-0.2, 0) is 19.9 Å². The average Bonchev–Trinajstić information content (AvgIpc) is 2.57. The van der Waals surface area contributed by atoms with Crippen LogP contribution >= 0.6 is 0 Å². The zero-order valence-electron chi connectivity index (χ0n) is 11.6. The molecule has 2 atom stereocenters. The average molecular weight is 313 g/mol. The molecule has 2 unspecified atom stereocenters. The van der Waals surface area contributed by atoms with E-state index in [-0.39, 0.29) is 29.9 Å². The molecule has 0 aromatic carbocycles. The normalized spacial score (nSPS) is 25.4. The molecule has 0 spiro atoms. The van der Waals surface area contributed by atoms with E-state index in [0.29, 0.717) is 6.42 Å². The molecule has 0 aliphatic carbocycles. The summed E-state index contributed by atoms with van der Waals surface area (Å²) in [6.07, 6.45) is 0.454. The zero-order valence-corrected chi connectivity index (χ0v) is 13.2. The summed E-state index contributed by atoms with van der Waals surface area (Å²) < 4.78 is 49.7. The van der Waals surface area contributed by atoms with Gasteiger partial charge < -0.3 is 5.11 Å². The Morgan fingerprint density at radius 3 is 2.32 bits per heavy atom. The molecule has 19 heavy (non-hydrogen) atoms. The third-order valence-corrected chi connectivity index (χ3v) is 7.27. The van der Waals surface area contributed by atoms with Crippen LogP contribution in [-0.4, -0.2) is 51.3 Å². The van der Waals surface area contributed by atoms with Crippen molar-refractivity contribution in [2.75, 3.05) is 18.1 Å². The number of nitrogens with one attached hydrogen (secondary N) is 1. The van der Waals surface area contributed by atoms with E-state index in [1.54, 1.807) is 0 Å². The van der Waals surface area contributed by atoms with Gasteiger partial charge in [0.15, 0.2) is 9.84 Å². The first kappa shape index (κ1) is 16.9. The van der Waals surface area contributed by atoms with E-state index >= 15 is 0 Å². The molecule has 1 heterocycles. The van der Waals surface area contributed by atoms with Crippen LogP contribution in [0.3, 0.4) is 0 Å². The van der Waals surface area contributed by atoms with Gasteiger partial charge in [-0.05, 0) is 18.3 Å². The van der Waals surface area contributed by atoms with E-state index in [9.17, 15) is 16.8 Å². The van der Waals surface area contributed by atoms with Crippen LogP contribution in [0.1, 0.15) is 33.6 Å². The molecule has 1 rings (SSSR count). The van der Waals surface area contributed by atoms with Gasteiger partial charge in [0, 0.05) is 12.6 Å². The number of rotatable bonds is 5. The predicted molar refractivity (Wildman–Crippen MR) is 74.1 cm³/mol. The number of sulfonamides is 1. The molecule has 0 aromatic heterocycles. The third-order valence-electron chi connectivity index (χ3n) is 3.40. The summed E-state index contributed by atoms with van der Waals surface area (Å²) in [4.78, 5) is 0. The first-order chi connectivity index (χ1) is 8.48. The van der Waals surface area contributed by atoms with E-state index in [4.69, 9.17) is 5.11 Å². The van der Waals surface area contributed by atoms with E-state index in [1.807, 2.05) is 20.8 Å². The Kier molecular flexibility index (Phi) is 5.03. The molecule has 2 N–H and O–H groups in total. The SMILES string of the molecule is CC(C)(C)C(CCO)NS(=O)(=O)C1CCS(=O)(=O)C1. The highest BCUT2D eigenvalue weighted by Gasteiger charge is 2.39. The maximum Gasteiger partial charge on any atom is 0.215 e. The van der Waals surface area contributed by atoms with Gasteiger partial charge in [0.05, 0.1) is 16.8 Å². The van der Waals surface area contributed by atoms with Crippen molar-refractivity contribution < 1.29 is 21.9 Å². The minimum absolute atomic E-state index is 0.0707. The highest BCUT2D eigenvalue weighted by atomic mass is 32.2. The van der Waals surface area contributed by atoms with Gasteiger partial charge in [-0.2, -0.15) is 0 Å². The van der Waals surface area contributed by atoms with Gasteiger partial charge in [-0.15, -0.1) is 0 Å². The van der Waals surface area contributed by atoms with Crippen LogP contribution < -0.4 is 4.72 Å². The highest BCUT2D eigenvalue weighted by Crippen LogP contribution is 2.25. The van der Waals surface area contributed by atoms with Crippen LogP contribution in [0.4, 0.5) is 0 Å². The fourth-order valence-corrected chi connectivity index (χ4v) is 6.62. The minimum atomic E-state index is -3.68. The van der Waals surface area contributed by atoms with Crippen molar-refractivity contribution in [3.63, 3.8) is 0 Å². The summed E-state index contributed by atoms with van der Waals surface area (Å²) in [7, 11) is -6.91. The standard InChI is InChI=1S/C11H23NO5S2/c1-11(2,3)10(4-6-13)12-19(16,17)9-5-7-18(14,15)8-9/h9-10,12-13H,4-8H2,1-3H3. The molecule has 0 aromatic rings. The highest BCUT2D eigenvalue weighted by molar-refractivity contribution is 7.95. The van der Waals surface area contributed by atoms with Gasteiger partial charge in [-0.3, -0.25) is 0 Å². The van der Waals surface area contributed by atoms with Gasteiger partial charge in [-0.1, -0.05) is 20.8 Å². The van der Waals surface area contributed by atoms with E-state index in [0.717, 1.165) is 0 Å². The first-order valence-electron chi connectivity index (χ1n) is 6.30. The lowest BCUT2D eigenvalue weighted by Gasteiger charge is -2.31. The molecule has 0 amide bonds. The molecule has 1 fully saturated rings. The van der Waals surface area contributed by atoms with E-state index in [1.165, 1.54) is 0 Å². The summed E-state index contributed by atoms with van der Waals surface area (Å²) in [6, 6.07) is -0.411. The summed E-state index contributed by atoms with van der Waals surface area (Å²) in [5.41, 5.74) is -0.340. The largest absolute Gasteiger partial charge is 0.396 e. The first-order valence-corrected chi connectivity index (χ1v) is 9.67. The number of sulfone groups is 1. The van der Waals surface area contributed by atoms with Crippen LogP contribution in [0.5, 0.6) is 0 Å². The van der Waals surface area contributed by atoms with Gasteiger partial charge in [0.2, 0.25) is 10.0 Å². The molecule has 0 radical (unpaired) electrons. The smallest absolute Gasteiger partial charge is 0.215 e. The molecule has 1 aliphatic rings. The molecule has 8 heteroatoms. The predicted octanol–water partition coefficient (Wildman–Crippen LogP) is -0.110. The maximum absolute atomic E-state index is 12.2. The fraction of sp³-hybridized carbons (Fsp3) is 1.00. The Hall–Kier alpha value is -0.180.